The molecule has 0 aromatic carbocycles. The van der Waals surface area contributed by atoms with Gasteiger partial charge in [0.1, 0.15) is 0 Å². The number of hydrogen-bond acceptors (Lipinski definition) is 4. The molecule has 0 atom stereocenters. The maximum Gasteiger partial charge on any atom is 0.178 e. The standard InChI is InChI=1S/C5H7ClN4S/c6-3-1-2-11-4(3)5(9-7)10-8/h1-2H,7-8H2,(H,9,10). The molecule has 0 aliphatic heterocycles. The Hall–Kier alpha value is -0.780. The summed E-state index contributed by atoms with van der Waals surface area (Å²) >= 11 is 7.19. The molecule has 60 valence electrons. The van der Waals surface area contributed by atoms with Crippen molar-refractivity contribution < 1.29 is 0 Å². The third-order valence-electron chi connectivity index (χ3n) is 1.10. The zero-order chi connectivity index (χ0) is 8.27. The van der Waals surface area contributed by atoms with Crippen LogP contribution in [0.25, 0.3) is 0 Å². The van der Waals surface area contributed by atoms with Crippen LogP contribution in [0.3, 0.4) is 0 Å². The van der Waals surface area contributed by atoms with Crippen molar-refractivity contribution in [2.24, 2.45) is 16.8 Å². The molecule has 6 heteroatoms. The number of nitrogens with one attached hydrogen (secondary N) is 1. The maximum absolute atomic E-state index is 5.77. The number of nitrogens with two attached hydrogens (primary N) is 2. The summed E-state index contributed by atoms with van der Waals surface area (Å²) in [5, 5.41) is 5.84. The molecule has 0 saturated carbocycles. The van der Waals surface area contributed by atoms with Gasteiger partial charge in [0.15, 0.2) is 5.84 Å². The molecular weight excluding hydrogens is 184 g/mol. The molecule has 0 amide bonds. The van der Waals surface area contributed by atoms with Crippen LogP contribution in [0.1, 0.15) is 4.88 Å². The molecule has 1 aromatic rings. The van der Waals surface area contributed by atoms with Crippen molar-refractivity contribution in [3.8, 4) is 0 Å². The van der Waals surface area contributed by atoms with Gasteiger partial charge in [0.2, 0.25) is 0 Å². The van der Waals surface area contributed by atoms with Gasteiger partial charge in [-0.15, -0.1) is 11.3 Å². The third-order valence-corrected chi connectivity index (χ3v) is 2.45. The minimum absolute atomic E-state index is 0.394. The summed E-state index contributed by atoms with van der Waals surface area (Å²) in [5.41, 5.74) is 2.35. The Morgan fingerprint density at radius 2 is 2.45 bits per heavy atom. The number of hydrazine groups is 1. The molecule has 0 bridgehead atoms. The minimum Gasteiger partial charge on any atom is -0.321 e. The predicted molar refractivity (Wildman–Crippen MR) is 47.4 cm³/mol. The average Bonchev–Trinajstić information content (AvgIpc) is 2.40. The minimum atomic E-state index is 0.394. The first-order chi connectivity index (χ1) is 5.29. The van der Waals surface area contributed by atoms with Crippen LogP contribution in [0.5, 0.6) is 0 Å². The summed E-state index contributed by atoms with van der Waals surface area (Å²) in [6, 6.07) is 1.75. The van der Waals surface area contributed by atoms with Crippen molar-refractivity contribution in [1.29, 1.82) is 0 Å². The van der Waals surface area contributed by atoms with E-state index in [1.165, 1.54) is 11.3 Å². The second-order valence-corrected chi connectivity index (χ2v) is 3.04. The first kappa shape index (κ1) is 8.32. The van der Waals surface area contributed by atoms with Gasteiger partial charge in [0.25, 0.3) is 0 Å². The van der Waals surface area contributed by atoms with E-state index in [1.807, 2.05) is 5.38 Å². The summed E-state index contributed by atoms with van der Waals surface area (Å²) in [5.74, 6) is 10.6. The van der Waals surface area contributed by atoms with Crippen molar-refractivity contribution >= 4 is 28.8 Å². The van der Waals surface area contributed by atoms with E-state index in [0.717, 1.165) is 4.88 Å². The Labute approximate surface area is 72.8 Å². The van der Waals surface area contributed by atoms with Gasteiger partial charge >= 0.3 is 0 Å². The Kier molecular flexibility index (Phi) is 2.70. The lowest BCUT2D eigenvalue weighted by Gasteiger charge is -1.99. The van der Waals surface area contributed by atoms with Crippen LogP contribution in [0.4, 0.5) is 0 Å². The van der Waals surface area contributed by atoms with Crippen molar-refractivity contribution in [1.82, 2.24) is 5.43 Å². The Bertz CT molecular complexity index is 269. The zero-order valence-electron chi connectivity index (χ0n) is 5.54. The Morgan fingerprint density at radius 3 is 2.82 bits per heavy atom. The quantitative estimate of drug-likeness (QED) is 0.261. The largest absolute Gasteiger partial charge is 0.321 e. The molecule has 1 rings (SSSR count). The van der Waals surface area contributed by atoms with Crippen LogP contribution in [-0.4, -0.2) is 5.84 Å². The summed E-state index contributed by atoms with van der Waals surface area (Å²) in [4.78, 5) is 0.747. The highest BCUT2D eigenvalue weighted by atomic mass is 35.5. The Morgan fingerprint density at radius 1 is 1.73 bits per heavy atom. The monoisotopic (exact) mass is 190 g/mol. The van der Waals surface area contributed by atoms with Crippen molar-refractivity contribution in [2.45, 2.75) is 0 Å². The van der Waals surface area contributed by atoms with Gasteiger partial charge in [-0.3, -0.25) is 0 Å². The Balaban J connectivity index is 3.00. The van der Waals surface area contributed by atoms with Crippen LogP contribution in [0.15, 0.2) is 16.5 Å². The lowest BCUT2D eigenvalue weighted by atomic mass is 10.4. The lowest BCUT2D eigenvalue weighted by Crippen LogP contribution is -2.31. The van der Waals surface area contributed by atoms with E-state index in [0.29, 0.717) is 10.9 Å². The van der Waals surface area contributed by atoms with Gasteiger partial charge in [-0.1, -0.05) is 11.6 Å². The molecule has 5 N–H and O–H groups in total. The summed E-state index contributed by atoms with van der Waals surface area (Å²) < 4.78 is 0. The van der Waals surface area contributed by atoms with Crippen LogP contribution in [-0.2, 0) is 0 Å². The van der Waals surface area contributed by atoms with Crippen LogP contribution >= 0.6 is 22.9 Å². The molecule has 1 aromatic heterocycles. The van der Waals surface area contributed by atoms with E-state index in [2.05, 4.69) is 10.5 Å². The highest BCUT2D eigenvalue weighted by molar-refractivity contribution is 7.12. The number of hydrazone groups is 1. The molecule has 4 nitrogen and oxygen atoms in total. The van der Waals surface area contributed by atoms with E-state index in [9.17, 15) is 0 Å². The lowest BCUT2D eigenvalue weighted by molar-refractivity contribution is 1.01. The summed E-state index contributed by atoms with van der Waals surface area (Å²) in [6.45, 7) is 0. The number of rotatable bonds is 1. The van der Waals surface area contributed by atoms with Gasteiger partial charge in [-0.25, -0.2) is 5.84 Å². The van der Waals surface area contributed by atoms with Crippen LogP contribution in [0.2, 0.25) is 5.02 Å². The molecule has 1 heterocycles. The van der Waals surface area contributed by atoms with Gasteiger partial charge in [0.05, 0.1) is 9.90 Å². The number of thiophene rings is 1. The van der Waals surface area contributed by atoms with Crippen molar-refractivity contribution in [3.05, 3.63) is 21.3 Å². The fraction of sp³-hybridized carbons (Fsp3) is 0. The second kappa shape index (κ2) is 3.56. The predicted octanol–water partition coefficient (Wildman–Crippen LogP) is 0.485. The van der Waals surface area contributed by atoms with Gasteiger partial charge in [-0.05, 0) is 11.4 Å². The molecule has 0 spiro atoms. The molecule has 0 radical (unpaired) electrons. The van der Waals surface area contributed by atoms with Crippen LogP contribution in [0, 0.1) is 0 Å². The number of hydrogen-bond donors (Lipinski definition) is 3. The number of amidine groups is 1. The van der Waals surface area contributed by atoms with Crippen molar-refractivity contribution in [2.75, 3.05) is 0 Å². The highest BCUT2D eigenvalue weighted by Gasteiger charge is 2.07. The van der Waals surface area contributed by atoms with E-state index in [4.69, 9.17) is 23.3 Å². The summed E-state index contributed by atoms with van der Waals surface area (Å²) in [6.07, 6.45) is 0. The molecule has 11 heavy (non-hydrogen) atoms. The molecule has 0 unspecified atom stereocenters. The van der Waals surface area contributed by atoms with Gasteiger partial charge < -0.3 is 11.3 Å². The fourth-order valence-corrected chi connectivity index (χ4v) is 1.73. The first-order valence-electron chi connectivity index (χ1n) is 2.77. The van der Waals surface area contributed by atoms with Gasteiger partial charge in [-0.2, -0.15) is 5.10 Å². The van der Waals surface area contributed by atoms with Crippen molar-refractivity contribution in [3.63, 3.8) is 0 Å². The average molecular weight is 191 g/mol. The van der Waals surface area contributed by atoms with E-state index in [1.54, 1.807) is 6.07 Å². The second-order valence-electron chi connectivity index (χ2n) is 1.72. The molecule has 0 saturated heterocycles. The normalized spacial score (nSPS) is 11.6. The maximum atomic E-state index is 5.77. The first-order valence-corrected chi connectivity index (χ1v) is 4.03. The van der Waals surface area contributed by atoms with Gasteiger partial charge in [0, 0.05) is 0 Å². The highest BCUT2D eigenvalue weighted by Crippen LogP contribution is 2.21. The molecule has 0 aliphatic rings. The smallest absolute Gasteiger partial charge is 0.178 e. The molecule has 0 fully saturated rings. The number of nitrogens with zero attached hydrogens (tertiary/aromatic N) is 1. The van der Waals surface area contributed by atoms with Crippen LogP contribution < -0.4 is 17.1 Å². The third kappa shape index (κ3) is 1.62. The molecule has 0 aliphatic carbocycles. The number of halogens is 1. The van der Waals surface area contributed by atoms with E-state index in [-0.39, 0.29) is 0 Å². The zero-order valence-corrected chi connectivity index (χ0v) is 7.12. The van der Waals surface area contributed by atoms with E-state index >= 15 is 0 Å². The fourth-order valence-electron chi connectivity index (χ4n) is 0.624. The topological polar surface area (TPSA) is 76.4 Å². The SMILES string of the molecule is N/N=C(\NN)c1sccc1Cl. The summed E-state index contributed by atoms with van der Waals surface area (Å²) in [7, 11) is 0. The molecular formula is C5H7ClN4S. The van der Waals surface area contributed by atoms with E-state index < -0.39 is 0 Å².